The van der Waals surface area contributed by atoms with Gasteiger partial charge in [0.05, 0.1) is 6.61 Å². The minimum absolute atomic E-state index is 0.140. The summed E-state index contributed by atoms with van der Waals surface area (Å²) in [7, 11) is 0. The van der Waals surface area contributed by atoms with Crippen LogP contribution in [0.5, 0.6) is 0 Å². The van der Waals surface area contributed by atoms with E-state index in [-0.39, 0.29) is 6.23 Å². The molecule has 1 aliphatic rings. The lowest BCUT2D eigenvalue weighted by Crippen LogP contribution is -2.36. The molecule has 1 aliphatic heterocycles. The van der Waals surface area contributed by atoms with Crippen molar-refractivity contribution in [3.8, 4) is 0 Å². The Morgan fingerprint density at radius 2 is 2.58 bits per heavy atom. The van der Waals surface area contributed by atoms with Gasteiger partial charge in [-0.3, -0.25) is 5.32 Å². The lowest BCUT2D eigenvalue weighted by molar-refractivity contribution is -0.0233. The molecule has 12 heavy (non-hydrogen) atoms. The molecule has 0 amide bonds. The first-order valence-electron chi connectivity index (χ1n) is 4.24. The van der Waals surface area contributed by atoms with Crippen LogP contribution in [0.15, 0.2) is 17.5 Å². The molecule has 2 heterocycles. The summed E-state index contributed by atoms with van der Waals surface area (Å²) in [5, 5.41) is 5.44. The van der Waals surface area contributed by atoms with Crippen molar-refractivity contribution >= 4 is 11.3 Å². The molecule has 1 fully saturated rings. The van der Waals surface area contributed by atoms with Crippen molar-refractivity contribution in [1.82, 2.24) is 5.32 Å². The predicted octanol–water partition coefficient (Wildman–Crippen LogP) is 2.00. The molecule has 0 saturated carbocycles. The quantitative estimate of drug-likeness (QED) is 0.719. The average molecular weight is 183 g/mol. The summed E-state index contributed by atoms with van der Waals surface area (Å²) in [5.41, 5.74) is 0. The van der Waals surface area contributed by atoms with Crippen LogP contribution >= 0.6 is 11.3 Å². The van der Waals surface area contributed by atoms with Crippen LogP contribution in [0.4, 0.5) is 0 Å². The molecular weight excluding hydrogens is 170 g/mol. The SMILES string of the molecule is CC1CNC(c2cccs2)OC1. The van der Waals surface area contributed by atoms with Gasteiger partial charge in [-0.25, -0.2) is 0 Å². The molecule has 0 radical (unpaired) electrons. The first-order valence-corrected chi connectivity index (χ1v) is 5.12. The van der Waals surface area contributed by atoms with E-state index < -0.39 is 0 Å². The third-order valence-electron chi connectivity index (χ3n) is 2.00. The highest BCUT2D eigenvalue weighted by molar-refractivity contribution is 7.10. The van der Waals surface area contributed by atoms with Gasteiger partial charge in [0.15, 0.2) is 0 Å². The van der Waals surface area contributed by atoms with Gasteiger partial charge in [-0.15, -0.1) is 11.3 Å². The zero-order valence-corrected chi connectivity index (χ0v) is 7.93. The minimum Gasteiger partial charge on any atom is -0.358 e. The highest BCUT2D eigenvalue weighted by Crippen LogP contribution is 2.23. The summed E-state index contributed by atoms with van der Waals surface area (Å²) >= 11 is 1.74. The van der Waals surface area contributed by atoms with Gasteiger partial charge in [-0.05, 0) is 17.4 Å². The molecule has 0 spiro atoms. The van der Waals surface area contributed by atoms with Crippen molar-refractivity contribution in [2.75, 3.05) is 13.2 Å². The van der Waals surface area contributed by atoms with E-state index in [0.717, 1.165) is 13.2 Å². The fourth-order valence-corrected chi connectivity index (χ4v) is 2.06. The van der Waals surface area contributed by atoms with Gasteiger partial charge in [0, 0.05) is 11.4 Å². The Morgan fingerprint density at radius 1 is 1.67 bits per heavy atom. The lowest BCUT2D eigenvalue weighted by Gasteiger charge is -2.27. The molecule has 66 valence electrons. The monoisotopic (exact) mass is 183 g/mol. The van der Waals surface area contributed by atoms with Crippen LogP contribution in [0.25, 0.3) is 0 Å². The average Bonchev–Trinajstić information content (AvgIpc) is 2.58. The van der Waals surface area contributed by atoms with E-state index in [9.17, 15) is 0 Å². The van der Waals surface area contributed by atoms with Gasteiger partial charge in [-0.2, -0.15) is 0 Å². The van der Waals surface area contributed by atoms with Gasteiger partial charge in [0.25, 0.3) is 0 Å². The van der Waals surface area contributed by atoms with E-state index in [1.54, 1.807) is 11.3 Å². The number of hydrogen-bond donors (Lipinski definition) is 1. The van der Waals surface area contributed by atoms with Crippen molar-refractivity contribution in [3.63, 3.8) is 0 Å². The molecule has 1 aromatic heterocycles. The lowest BCUT2D eigenvalue weighted by atomic mass is 10.2. The largest absolute Gasteiger partial charge is 0.358 e. The van der Waals surface area contributed by atoms with Crippen molar-refractivity contribution in [2.24, 2.45) is 5.92 Å². The maximum Gasteiger partial charge on any atom is 0.143 e. The molecule has 2 unspecified atom stereocenters. The first-order chi connectivity index (χ1) is 5.86. The minimum atomic E-state index is 0.140. The van der Waals surface area contributed by atoms with Gasteiger partial charge in [0.1, 0.15) is 6.23 Å². The number of rotatable bonds is 1. The molecule has 1 aromatic rings. The Labute approximate surface area is 76.6 Å². The molecule has 2 atom stereocenters. The first kappa shape index (κ1) is 8.23. The third-order valence-corrected chi connectivity index (χ3v) is 2.92. The second-order valence-electron chi connectivity index (χ2n) is 3.24. The summed E-state index contributed by atoms with van der Waals surface area (Å²) in [6, 6.07) is 4.17. The van der Waals surface area contributed by atoms with E-state index >= 15 is 0 Å². The Hall–Kier alpha value is -0.380. The number of thiophene rings is 1. The molecular formula is C9H13NOS. The van der Waals surface area contributed by atoms with Crippen LogP contribution in [0.3, 0.4) is 0 Å². The van der Waals surface area contributed by atoms with Crippen LogP contribution in [0, 0.1) is 5.92 Å². The second kappa shape index (κ2) is 3.56. The highest BCUT2D eigenvalue weighted by Gasteiger charge is 2.19. The van der Waals surface area contributed by atoms with Crippen molar-refractivity contribution < 1.29 is 4.74 Å². The molecule has 0 bridgehead atoms. The van der Waals surface area contributed by atoms with Crippen LogP contribution in [0.1, 0.15) is 18.0 Å². The summed E-state index contributed by atoms with van der Waals surface area (Å²) in [5.74, 6) is 0.640. The molecule has 1 saturated heterocycles. The van der Waals surface area contributed by atoms with Crippen molar-refractivity contribution in [1.29, 1.82) is 0 Å². The standard InChI is InChI=1S/C9H13NOS/c1-7-5-10-9(11-6-7)8-3-2-4-12-8/h2-4,7,9-10H,5-6H2,1H3. The third kappa shape index (κ3) is 1.68. The Balaban J connectivity index is 1.99. The predicted molar refractivity (Wildman–Crippen MR) is 50.2 cm³/mol. The molecule has 2 rings (SSSR count). The zero-order chi connectivity index (χ0) is 8.39. The van der Waals surface area contributed by atoms with Crippen LogP contribution < -0.4 is 5.32 Å². The van der Waals surface area contributed by atoms with Crippen molar-refractivity contribution in [3.05, 3.63) is 22.4 Å². The molecule has 2 nitrogen and oxygen atoms in total. The smallest absolute Gasteiger partial charge is 0.143 e. The van der Waals surface area contributed by atoms with E-state index in [1.165, 1.54) is 4.88 Å². The maximum absolute atomic E-state index is 5.63. The Morgan fingerprint density at radius 3 is 3.17 bits per heavy atom. The fraction of sp³-hybridized carbons (Fsp3) is 0.556. The fourth-order valence-electron chi connectivity index (χ4n) is 1.31. The Bertz CT molecular complexity index is 227. The molecule has 3 heteroatoms. The Kier molecular flexibility index (Phi) is 2.44. The maximum atomic E-state index is 5.63. The van der Waals surface area contributed by atoms with Gasteiger partial charge in [0.2, 0.25) is 0 Å². The van der Waals surface area contributed by atoms with E-state index in [2.05, 4.69) is 29.8 Å². The summed E-state index contributed by atoms with van der Waals surface area (Å²) in [6.45, 7) is 4.12. The molecule has 0 aromatic carbocycles. The van der Waals surface area contributed by atoms with Gasteiger partial charge < -0.3 is 4.74 Å². The molecule has 0 aliphatic carbocycles. The molecule has 1 N–H and O–H groups in total. The van der Waals surface area contributed by atoms with E-state index in [0.29, 0.717) is 5.92 Å². The number of hydrogen-bond acceptors (Lipinski definition) is 3. The summed E-state index contributed by atoms with van der Waals surface area (Å²) < 4.78 is 5.63. The van der Waals surface area contributed by atoms with E-state index in [1.807, 2.05) is 0 Å². The second-order valence-corrected chi connectivity index (χ2v) is 4.22. The number of nitrogens with one attached hydrogen (secondary N) is 1. The highest BCUT2D eigenvalue weighted by atomic mass is 32.1. The van der Waals surface area contributed by atoms with Gasteiger partial charge >= 0.3 is 0 Å². The van der Waals surface area contributed by atoms with E-state index in [4.69, 9.17) is 4.74 Å². The summed E-state index contributed by atoms with van der Waals surface area (Å²) in [6.07, 6.45) is 0.140. The van der Waals surface area contributed by atoms with Crippen molar-refractivity contribution in [2.45, 2.75) is 13.2 Å². The van der Waals surface area contributed by atoms with Gasteiger partial charge in [-0.1, -0.05) is 13.0 Å². The normalized spacial score (nSPS) is 30.4. The summed E-state index contributed by atoms with van der Waals surface area (Å²) in [4.78, 5) is 1.28. The van der Waals surface area contributed by atoms with Crippen LogP contribution in [-0.2, 0) is 4.74 Å². The topological polar surface area (TPSA) is 21.3 Å². The zero-order valence-electron chi connectivity index (χ0n) is 7.12. The van der Waals surface area contributed by atoms with Crippen LogP contribution in [-0.4, -0.2) is 13.2 Å². The van der Waals surface area contributed by atoms with Crippen LogP contribution in [0.2, 0.25) is 0 Å². The number of ether oxygens (including phenoxy) is 1.